The maximum absolute atomic E-state index is 13.1. The summed E-state index contributed by atoms with van der Waals surface area (Å²) in [5, 5.41) is 10.6. The molecule has 3 N–H and O–H groups in total. The second-order valence-electron chi connectivity index (χ2n) is 26.7. The lowest BCUT2D eigenvalue weighted by atomic mass is 10.0. The minimum atomic E-state index is -4.95. The minimum absolute atomic E-state index is 0.107. The number of carbonyl (C=O) groups excluding carboxylic acids is 4. The number of carbonyl (C=O) groups is 4. The van der Waals surface area contributed by atoms with Crippen molar-refractivity contribution in [3.63, 3.8) is 0 Å². The van der Waals surface area contributed by atoms with Gasteiger partial charge in [-0.3, -0.25) is 37.3 Å². The number of rotatable bonds is 75. The summed E-state index contributed by atoms with van der Waals surface area (Å²) < 4.78 is 68.3. The van der Waals surface area contributed by atoms with Gasteiger partial charge in [0.15, 0.2) is 12.2 Å². The molecule has 0 aliphatic rings. The summed E-state index contributed by atoms with van der Waals surface area (Å²) in [6.45, 7) is 4.94. The Labute approximate surface area is 568 Å². The zero-order valence-corrected chi connectivity index (χ0v) is 62.0. The molecule has 2 unspecified atom stereocenters. The summed E-state index contributed by atoms with van der Waals surface area (Å²) in [5.41, 5.74) is 0. The van der Waals surface area contributed by atoms with Gasteiger partial charge in [0.1, 0.15) is 19.3 Å². The topological polar surface area (TPSA) is 237 Å². The number of phosphoric ester groups is 2. The Morgan fingerprint density at radius 1 is 0.258 bits per heavy atom. The van der Waals surface area contributed by atoms with E-state index >= 15 is 0 Å². The second kappa shape index (κ2) is 68.6. The number of phosphoric acid groups is 2. The van der Waals surface area contributed by atoms with Gasteiger partial charge in [-0.2, -0.15) is 0 Å². The Morgan fingerprint density at radius 2 is 0.430 bits per heavy atom. The third-order valence-corrected chi connectivity index (χ3v) is 19.3. The highest BCUT2D eigenvalue weighted by atomic mass is 31.2. The van der Waals surface area contributed by atoms with Crippen LogP contribution in [0.1, 0.15) is 394 Å². The van der Waals surface area contributed by atoms with Gasteiger partial charge in [-0.1, -0.05) is 342 Å². The van der Waals surface area contributed by atoms with Crippen LogP contribution in [0, 0.1) is 0 Å². The Morgan fingerprint density at radius 3 is 0.634 bits per heavy atom. The van der Waals surface area contributed by atoms with Crippen molar-refractivity contribution in [2.45, 2.75) is 412 Å². The van der Waals surface area contributed by atoms with Gasteiger partial charge in [0, 0.05) is 25.7 Å². The molecule has 0 aromatic heterocycles. The third kappa shape index (κ3) is 68.4. The molecule has 0 aliphatic heterocycles. The molecule has 0 bridgehead atoms. The molecule has 0 heterocycles. The van der Waals surface area contributed by atoms with Crippen LogP contribution >= 0.6 is 15.6 Å². The van der Waals surface area contributed by atoms with Crippen LogP contribution < -0.4 is 0 Å². The molecule has 552 valence electrons. The first kappa shape index (κ1) is 91.1. The van der Waals surface area contributed by atoms with Crippen LogP contribution in [0.2, 0.25) is 0 Å². The van der Waals surface area contributed by atoms with Crippen LogP contribution in [-0.4, -0.2) is 96.7 Å². The number of unbranched alkanes of at least 4 members (excludes halogenated alkanes) is 49. The van der Waals surface area contributed by atoms with Crippen molar-refractivity contribution in [3.05, 3.63) is 0 Å². The summed E-state index contributed by atoms with van der Waals surface area (Å²) in [6.07, 6.45) is 58.4. The fourth-order valence-corrected chi connectivity index (χ4v) is 13.0. The second-order valence-corrected chi connectivity index (χ2v) is 29.6. The number of hydrogen-bond donors (Lipinski definition) is 3. The lowest BCUT2D eigenvalue weighted by Gasteiger charge is -2.21. The van der Waals surface area contributed by atoms with Crippen LogP contribution in [-0.2, 0) is 65.4 Å². The number of aliphatic hydroxyl groups excluding tert-OH is 1. The van der Waals surface area contributed by atoms with Crippen molar-refractivity contribution in [1.29, 1.82) is 0 Å². The third-order valence-electron chi connectivity index (χ3n) is 17.4. The van der Waals surface area contributed by atoms with E-state index < -0.39 is 97.5 Å². The zero-order chi connectivity index (χ0) is 68.2. The molecule has 0 spiro atoms. The van der Waals surface area contributed by atoms with E-state index in [1.807, 2.05) is 0 Å². The van der Waals surface area contributed by atoms with Crippen LogP contribution in [0.4, 0.5) is 0 Å². The molecule has 0 aliphatic carbocycles. The van der Waals surface area contributed by atoms with Crippen LogP contribution in [0.3, 0.4) is 0 Å². The van der Waals surface area contributed by atoms with Gasteiger partial charge in [-0.25, -0.2) is 9.13 Å². The normalized spacial score (nSPS) is 13.9. The van der Waals surface area contributed by atoms with Crippen molar-refractivity contribution in [2.24, 2.45) is 0 Å². The first-order valence-corrected chi connectivity index (χ1v) is 41.8. The molecular formula is C74H144O17P2. The fraction of sp³-hybridized carbons (Fsp3) is 0.946. The largest absolute Gasteiger partial charge is 0.472 e. The molecule has 17 nitrogen and oxygen atoms in total. The molecule has 93 heavy (non-hydrogen) atoms. The average molecular weight is 1370 g/mol. The maximum atomic E-state index is 13.1. The summed E-state index contributed by atoms with van der Waals surface area (Å²) in [5.74, 6) is -2.12. The zero-order valence-electron chi connectivity index (χ0n) is 60.2. The number of aliphatic hydroxyl groups is 1. The Kier molecular flexibility index (Phi) is 67.1. The highest BCUT2D eigenvalue weighted by molar-refractivity contribution is 7.47. The summed E-state index contributed by atoms with van der Waals surface area (Å²) in [4.78, 5) is 72.5. The lowest BCUT2D eigenvalue weighted by molar-refractivity contribution is -0.161. The van der Waals surface area contributed by atoms with E-state index in [9.17, 15) is 43.2 Å². The molecule has 0 radical (unpaired) electrons. The Balaban J connectivity index is 5.13. The van der Waals surface area contributed by atoms with Crippen LogP contribution in [0.25, 0.3) is 0 Å². The summed E-state index contributed by atoms with van der Waals surface area (Å²) in [7, 11) is -9.90. The van der Waals surface area contributed by atoms with Crippen molar-refractivity contribution in [2.75, 3.05) is 39.6 Å². The first-order chi connectivity index (χ1) is 45.2. The van der Waals surface area contributed by atoms with E-state index in [-0.39, 0.29) is 25.7 Å². The van der Waals surface area contributed by atoms with Gasteiger partial charge < -0.3 is 33.8 Å². The molecule has 0 amide bonds. The van der Waals surface area contributed by atoms with Crippen LogP contribution in [0.15, 0.2) is 0 Å². The van der Waals surface area contributed by atoms with Crippen molar-refractivity contribution in [1.82, 2.24) is 0 Å². The molecule has 0 saturated heterocycles. The Bertz CT molecular complexity index is 1770. The average Bonchev–Trinajstić information content (AvgIpc) is 2.90. The number of hydrogen-bond acceptors (Lipinski definition) is 15. The number of ether oxygens (including phenoxy) is 4. The van der Waals surface area contributed by atoms with Crippen LogP contribution in [0.5, 0.6) is 0 Å². The fourth-order valence-electron chi connectivity index (χ4n) is 11.4. The monoisotopic (exact) mass is 1370 g/mol. The predicted octanol–water partition coefficient (Wildman–Crippen LogP) is 21.8. The van der Waals surface area contributed by atoms with Crippen molar-refractivity contribution >= 4 is 39.5 Å². The molecule has 5 atom stereocenters. The standard InChI is InChI=1S/C74H144O17P2/c1-5-9-13-17-21-25-28-30-31-32-33-34-35-36-37-38-39-42-45-49-53-57-61-74(79)91-70(65-85-72(77)59-55-51-47-43-41-29-26-22-18-14-10-6-2)67-89-93(82,83)87-63-68(75)62-86-92(80,81)88-66-69(64-84-71(76)58-54-50-46-24-20-16-12-8-4)90-73(78)60-56-52-48-44-40-27-23-19-15-11-7-3/h68-70,75H,5-67H2,1-4H3,(H,80,81)(H,82,83)/t68-,69+,70+/m0/s1. The number of esters is 4. The minimum Gasteiger partial charge on any atom is -0.462 e. The van der Waals surface area contributed by atoms with E-state index in [2.05, 4.69) is 27.7 Å². The molecule has 0 fully saturated rings. The molecule has 0 aromatic rings. The van der Waals surface area contributed by atoms with Gasteiger partial charge in [-0.15, -0.1) is 0 Å². The molecule has 0 rings (SSSR count). The van der Waals surface area contributed by atoms with Gasteiger partial charge in [0.2, 0.25) is 0 Å². The van der Waals surface area contributed by atoms with Gasteiger partial charge in [-0.05, 0) is 25.7 Å². The lowest BCUT2D eigenvalue weighted by Crippen LogP contribution is -2.30. The van der Waals surface area contributed by atoms with E-state index in [0.717, 1.165) is 96.3 Å². The first-order valence-electron chi connectivity index (χ1n) is 38.8. The van der Waals surface area contributed by atoms with E-state index in [4.69, 9.17) is 37.0 Å². The molecule has 0 saturated carbocycles. The van der Waals surface area contributed by atoms with E-state index in [1.165, 1.54) is 218 Å². The molecule has 0 aromatic carbocycles. The van der Waals surface area contributed by atoms with Gasteiger partial charge >= 0.3 is 39.5 Å². The quantitative estimate of drug-likeness (QED) is 0.0222. The van der Waals surface area contributed by atoms with Gasteiger partial charge in [0.05, 0.1) is 26.4 Å². The van der Waals surface area contributed by atoms with Crippen molar-refractivity contribution in [3.8, 4) is 0 Å². The van der Waals surface area contributed by atoms with E-state index in [1.54, 1.807) is 0 Å². The Hall–Kier alpha value is -1.94. The highest BCUT2D eigenvalue weighted by Gasteiger charge is 2.30. The summed E-state index contributed by atoms with van der Waals surface area (Å²) >= 11 is 0. The smallest absolute Gasteiger partial charge is 0.462 e. The van der Waals surface area contributed by atoms with E-state index in [0.29, 0.717) is 25.7 Å². The molecular weight excluding hydrogens is 1220 g/mol. The SMILES string of the molecule is CCCCCCCCCCCCCCCCCCCCCCCCC(=O)O[C@H](COC(=O)CCCCCCCCCCCCCC)COP(=O)(O)OC[C@@H](O)COP(=O)(O)OC[C@@H](COC(=O)CCCCCCCCCC)OC(=O)CCCCCCCCCCCCC. The molecule has 19 heteroatoms. The van der Waals surface area contributed by atoms with Crippen molar-refractivity contribution < 1.29 is 80.2 Å². The summed E-state index contributed by atoms with van der Waals surface area (Å²) in [6, 6.07) is 0. The predicted molar refractivity (Wildman–Crippen MR) is 377 cm³/mol. The van der Waals surface area contributed by atoms with Gasteiger partial charge in [0.25, 0.3) is 0 Å². The maximum Gasteiger partial charge on any atom is 0.472 e. The highest BCUT2D eigenvalue weighted by Crippen LogP contribution is 2.45.